The predicted octanol–water partition coefficient (Wildman–Crippen LogP) is 3.81. The Morgan fingerprint density at radius 3 is 2.96 bits per heavy atom. The van der Waals surface area contributed by atoms with Crippen LogP contribution in [0.2, 0.25) is 5.02 Å². The van der Waals surface area contributed by atoms with Gasteiger partial charge in [0, 0.05) is 6.08 Å². The molecule has 3 rings (SSSR count). The molecule has 1 amide bonds. The minimum absolute atomic E-state index is 0.0468. The Hall–Kier alpha value is -2.64. The Labute approximate surface area is 157 Å². The molecule has 2 heterocycles. The minimum Gasteiger partial charge on any atom is -0.508 e. The van der Waals surface area contributed by atoms with E-state index in [1.165, 1.54) is 35.6 Å². The molecule has 0 saturated carbocycles. The highest BCUT2D eigenvalue weighted by Gasteiger charge is 2.16. The molecule has 0 aliphatic heterocycles. The van der Waals surface area contributed by atoms with Gasteiger partial charge in [-0.1, -0.05) is 11.6 Å². The zero-order valence-corrected chi connectivity index (χ0v) is 15.5. The van der Waals surface area contributed by atoms with Gasteiger partial charge in [-0.05, 0) is 54.6 Å². The van der Waals surface area contributed by atoms with Crippen molar-refractivity contribution in [2.24, 2.45) is 0 Å². The number of aromatic nitrogens is 1. The number of aryl methyl sites for hydroxylation is 1. The average molecular weight is 391 g/mol. The van der Waals surface area contributed by atoms with Crippen LogP contribution in [0.3, 0.4) is 0 Å². The zero-order chi connectivity index (χ0) is 18.8. The van der Waals surface area contributed by atoms with Crippen molar-refractivity contribution in [2.45, 2.75) is 19.9 Å². The van der Waals surface area contributed by atoms with Crippen LogP contribution in [-0.4, -0.2) is 16.0 Å². The Bertz CT molecular complexity index is 1070. The summed E-state index contributed by atoms with van der Waals surface area (Å²) in [5.41, 5.74) is 0.951. The average Bonchev–Trinajstić information content (AvgIpc) is 2.95. The van der Waals surface area contributed by atoms with Gasteiger partial charge in [0.15, 0.2) is 0 Å². The summed E-state index contributed by atoms with van der Waals surface area (Å²) in [6, 6.07) is 3.88. The highest BCUT2D eigenvalue weighted by atomic mass is 35.5. The summed E-state index contributed by atoms with van der Waals surface area (Å²) in [7, 11) is 0. The molecule has 0 saturated heterocycles. The van der Waals surface area contributed by atoms with Crippen LogP contribution in [-0.2, 0) is 4.79 Å². The largest absolute Gasteiger partial charge is 0.508 e. The number of amides is 1. The molecule has 0 aliphatic rings. The molecular weight excluding hydrogens is 376 g/mol. The number of thiophene rings is 1. The summed E-state index contributed by atoms with van der Waals surface area (Å²) in [6.45, 7) is 3.50. The Morgan fingerprint density at radius 2 is 2.23 bits per heavy atom. The van der Waals surface area contributed by atoms with E-state index in [-0.39, 0.29) is 11.6 Å². The van der Waals surface area contributed by atoms with E-state index in [2.05, 4.69) is 10.3 Å². The summed E-state index contributed by atoms with van der Waals surface area (Å²) in [6.07, 6.45) is 2.83. The van der Waals surface area contributed by atoms with Crippen molar-refractivity contribution in [3.05, 3.63) is 62.1 Å². The van der Waals surface area contributed by atoms with Crippen LogP contribution in [0.15, 0.2) is 38.9 Å². The molecule has 2 N–H and O–H groups in total. The molecule has 8 heteroatoms. The molecular formula is C18H15ClN2O4S. The number of aromatic hydroxyl groups is 1. The van der Waals surface area contributed by atoms with Gasteiger partial charge in [0.25, 0.3) is 0 Å². The van der Waals surface area contributed by atoms with Gasteiger partial charge in [0.05, 0.1) is 10.4 Å². The van der Waals surface area contributed by atoms with Crippen molar-refractivity contribution in [3.8, 4) is 5.75 Å². The number of carbonyl (C=O) groups is 1. The summed E-state index contributed by atoms with van der Waals surface area (Å²) >= 11 is 7.34. The third-order valence-corrected chi connectivity index (χ3v) is 5.01. The normalized spacial score (nSPS) is 12.6. The maximum absolute atomic E-state index is 12.1. The second kappa shape index (κ2) is 7.31. The van der Waals surface area contributed by atoms with Crippen molar-refractivity contribution in [1.29, 1.82) is 0 Å². The fourth-order valence-corrected chi connectivity index (χ4v) is 3.50. The lowest BCUT2D eigenvalue weighted by Gasteiger charge is -2.10. The lowest BCUT2D eigenvalue weighted by Crippen LogP contribution is -2.26. The number of nitrogens with one attached hydrogen (secondary N) is 1. The van der Waals surface area contributed by atoms with Crippen molar-refractivity contribution >= 4 is 45.1 Å². The Balaban J connectivity index is 1.75. The highest BCUT2D eigenvalue weighted by molar-refractivity contribution is 7.16. The third-order valence-electron chi connectivity index (χ3n) is 3.70. The first-order chi connectivity index (χ1) is 12.3. The number of hydrogen-bond donors (Lipinski definition) is 2. The quantitative estimate of drug-likeness (QED) is 0.661. The number of benzene rings is 1. The van der Waals surface area contributed by atoms with Crippen LogP contribution < -0.4 is 10.9 Å². The van der Waals surface area contributed by atoms with E-state index < -0.39 is 17.6 Å². The molecule has 3 aromatic rings. The van der Waals surface area contributed by atoms with Crippen LogP contribution in [0, 0.1) is 6.92 Å². The van der Waals surface area contributed by atoms with Gasteiger partial charge >= 0.3 is 5.63 Å². The summed E-state index contributed by atoms with van der Waals surface area (Å²) in [4.78, 5) is 29.1. The lowest BCUT2D eigenvalue weighted by atomic mass is 10.2. The molecule has 0 bridgehead atoms. The first kappa shape index (κ1) is 18.2. The number of nitrogens with zero attached hydrogens (tertiary/aromatic N) is 1. The van der Waals surface area contributed by atoms with Crippen LogP contribution in [0.4, 0.5) is 0 Å². The highest BCUT2D eigenvalue weighted by Crippen LogP contribution is 2.23. The van der Waals surface area contributed by atoms with E-state index in [0.29, 0.717) is 20.8 Å². The monoisotopic (exact) mass is 390 g/mol. The van der Waals surface area contributed by atoms with Gasteiger partial charge in [0.2, 0.25) is 11.8 Å². The van der Waals surface area contributed by atoms with Crippen molar-refractivity contribution < 1.29 is 14.3 Å². The predicted molar refractivity (Wildman–Crippen MR) is 102 cm³/mol. The van der Waals surface area contributed by atoms with Crippen LogP contribution in [0.25, 0.3) is 16.3 Å². The topological polar surface area (TPSA) is 92.4 Å². The number of fused-ring (bicyclic) bond motifs is 1. The van der Waals surface area contributed by atoms with Gasteiger partial charge in [-0.25, -0.2) is 9.78 Å². The number of hydrogen-bond acceptors (Lipinski definition) is 6. The number of carbonyl (C=O) groups excluding carboxylic acids is 1. The fraction of sp³-hybridized carbons (Fsp3) is 0.167. The third kappa shape index (κ3) is 3.79. The van der Waals surface area contributed by atoms with E-state index in [1.807, 2.05) is 12.3 Å². The summed E-state index contributed by atoms with van der Waals surface area (Å²) < 4.78 is 5.24. The van der Waals surface area contributed by atoms with Crippen molar-refractivity contribution in [2.75, 3.05) is 0 Å². The van der Waals surface area contributed by atoms with E-state index in [0.717, 1.165) is 5.56 Å². The van der Waals surface area contributed by atoms with Crippen molar-refractivity contribution in [3.63, 3.8) is 0 Å². The molecule has 0 aliphatic carbocycles. The van der Waals surface area contributed by atoms with Crippen molar-refractivity contribution in [1.82, 2.24) is 10.3 Å². The first-order valence-corrected chi connectivity index (χ1v) is 8.97. The molecule has 0 unspecified atom stereocenters. The van der Waals surface area contributed by atoms with E-state index in [1.54, 1.807) is 13.0 Å². The first-order valence-electron chi connectivity index (χ1n) is 7.71. The number of phenolic OH excluding ortho intramolecular Hbond substituents is 1. The molecule has 2 aromatic heterocycles. The van der Waals surface area contributed by atoms with Crippen LogP contribution >= 0.6 is 22.9 Å². The van der Waals surface area contributed by atoms with E-state index in [4.69, 9.17) is 16.0 Å². The second-order valence-corrected chi connectivity index (χ2v) is 6.97. The number of rotatable bonds is 4. The molecule has 0 fully saturated rings. The van der Waals surface area contributed by atoms with E-state index >= 15 is 0 Å². The maximum Gasteiger partial charge on any atom is 0.348 e. The lowest BCUT2D eigenvalue weighted by molar-refractivity contribution is -0.117. The van der Waals surface area contributed by atoms with Gasteiger partial charge in [-0.15, -0.1) is 11.3 Å². The molecule has 0 spiro atoms. The molecule has 1 atom stereocenters. The van der Waals surface area contributed by atoms with Crippen LogP contribution in [0.1, 0.15) is 30.0 Å². The smallest absolute Gasteiger partial charge is 0.348 e. The molecule has 6 nitrogen and oxygen atoms in total. The standard InChI is InChI=1S/C18H15ClN2O4S/c1-9-8-26-17-15(9)18(24)25-16(21-17)10(2)20-14(23)6-4-11-3-5-12(22)7-13(11)19/h3-8,10,22H,1-2H3,(H,20,23)/b6-4+/t10-/m0/s1. The van der Waals surface area contributed by atoms with Gasteiger partial charge in [-0.2, -0.15) is 0 Å². The summed E-state index contributed by atoms with van der Waals surface area (Å²) in [5.74, 6) is -0.201. The molecule has 1 aromatic carbocycles. The van der Waals surface area contributed by atoms with Gasteiger partial charge in [-0.3, -0.25) is 4.79 Å². The summed E-state index contributed by atoms with van der Waals surface area (Å²) in [5, 5.41) is 14.7. The molecule has 0 radical (unpaired) electrons. The minimum atomic E-state index is -0.582. The Morgan fingerprint density at radius 1 is 1.46 bits per heavy atom. The fourth-order valence-electron chi connectivity index (χ4n) is 2.36. The molecule has 26 heavy (non-hydrogen) atoms. The second-order valence-electron chi connectivity index (χ2n) is 5.71. The van der Waals surface area contributed by atoms with Gasteiger partial charge in [0.1, 0.15) is 16.6 Å². The van der Waals surface area contributed by atoms with Gasteiger partial charge < -0.3 is 14.8 Å². The zero-order valence-electron chi connectivity index (χ0n) is 13.9. The SMILES string of the molecule is Cc1csc2nc([C@H](C)NC(=O)/C=C/c3ccc(O)cc3Cl)oc(=O)c12. The maximum atomic E-state index is 12.1. The Kier molecular flexibility index (Phi) is 5.11. The molecule has 134 valence electrons. The van der Waals surface area contributed by atoms with E-state index in [9.17, 15) is 14.7 Å². The number of halogens is 1. The van der Waals surface area contributed by atoms with Crippen LogP contribution in [0.5, 0.6) is 5.75 Å². The number of phenols is 1.